The van der Waals surface area contributed by atoms with Crippen molar-refractivity contribution in [3.05, 3.63) is 455 Å². The summed E-state index contributed by atoms with van der Waals surface area (Å²) < 4.78 is 47.3. The Morgan fingerprint density at radius 3 is 1.21 bits per heavy atom. The van der Waals surface area contributed by atoms with Gasteiger partial charge in [-0.05, 0) is 159 Å². The SMILES string of the molecule is CC(C)(C)c1ccc2c(c1)c1ccc3ccccc3c1n2-c1nccc(-c2cccc(-c3ccc(-c4ccccc4)cc3)c2)n1.[2H]c1c([2H])c([2H])c(-c2cccc(-c3ccc(-c4cnc(-n5c6ccccc6c6ccc7ccccc7c65)nc4)cc3)c2)c([2H])c1[2H].c1ccc(-c2ccc(-c3ccccc3-c3cnc(-n4c5ccccc5c5c6ccccc6ccc54)nc3)cc2)cc1. The predicted octanol–water partition coefficient (Wildman–Crippen LogP) is 30.5. The maximum atomic E-state index is 8.36. The molecule has 0 spiro atoms. The topological polar surface area (TPSA) is 92.1 Å². The minimum atomic E-state index is -0.397. The van der Waals surface area contributed by atoms with E-state index in [-0.39, 0.29) is 35.1 Å². The minimum Gasteiger partial charge on any atom is -0.278 e. The average Bonchev–Trinajstić information content (AvgIpc) is 1.58. The van der Waals surface area contributed by atoms with Gasteiger partial charge in [0, 0.05) is 90.8 Å². The molecule has 127 heavy (non-hydrogen) atoms. The van der Waals surface area contributed by atoms with Crippen molar-refractivity contribution >= 4 is 97.7 Å². The fourth-order valence-corrected chi connectivity index (χ4v) is 18.0. The molecule has 6 heterocycles. The van der Waals surface area contributed by atoms with Gasteiger partial charge >= 0.3 is 0 Å². The van der Waals surface area contributed by atoms with E-state index >= 15 is 0 Å². The van der Waals surface area contributed by atoms with Crippen LogP contribution in [-0.2, 0) is 5.41 Å². The highest BCUT2D eigenvalue weighted by Gasteiger charge is 2.24. The highest BCUT2D eigenvalue weighted by molar-refractivity contribution is 6.22. The summed E-state index contributed by atoms with van der Waals surface area (Å²) >= 11 is 0. The van der Waals surface area contributed by atoms with E-state index in [0.717, 1.165) is 110 Å². The van der Waals surface area contributed by atoms with E-state index in [9.17, 15) is 0 Å². The van der Waals surface area contributed by atoms with Crippen molar-refractivity contribution in [2.75, 3.05) is 0 Å². The molecule has 6 aromatic heterocycles. The van der Waals surface area contributed by atoms with Gasteiger partial charge in [-0.3, -0.25) is 13.7 Å². The molecular weight excluding hydrogens is 1540 g/mol. The van der Waals surface area contributed by atoms with E-state index in [2.05, 4.69) is 350 Å². The van der Waals surface area contributed by atoms with Crippen molar-refractivity contribution < 1.29 is 6.85 Å². The van der Waals surface area contributed by atoms with Crippen LogP contribution in [0.5, 0.6) is 0 Å². The molecule has 0 radical (unpaired) electrons. The lowest BCUT2D eigenvalue weighted by Gasteiger charge is -2.19. The largest absolute Gasteiger partial charge is 0.278 e. The fraction of sp³-hybridized carbons (Fsp3) is 0.0339. The molecule has 0 aliphatic rings. The monoisotopic (exact) mass is 1630 g/mol. The summed E-state index contributed by atoms with van der Waals surface area (Å²) in [5, 5.41) is 14.4. The molecule has 0 aliphatic carbocycles. The summed E-state index contributed by atoms with van der Waals surface area (Å²) in [6, 6.07) is 134. The van der Waals surface area contributed by atoms with E-state index in [1.807, 2.05) is 97.7 Å². The number of para-hydroxylation sites is 2. The van der Waals surface area contributed by atoms with Gasteiger partial charge in [0.25, 0.3) is 0 Å². The summed E-state index contributed by atoms with van der Waals surface area (Å²) in [5.41, 5.74) is 25.9. The summed E-state index contributed by atoms with van der Waals surface area (Å²) in [6.45, 7) is 6.79. The number of aromatic nitrogens is 9. The Kier molecular flexibility index (Phi) is 18.3. The molecule has 0 unspecified atom stereocenters. The lowest BCUT2D eigenvalue weighted by atomic mass is 9.86. The second kappa shape index (κ2) is 32.6. The van der Waals surface area contributed by atoms with Gasteiger partial charge in [-0.15, -0.1) is 0 Å². The van der Waals surface area contributed by atoms with Gasteiger partial charge in [0.2, 0.25) is 17.8 Å². The molecular formula is C118H83N9. The molecule has 0 aliphatic heterocycles. The van der Waals surface area contributed by atoms with Crippen LogP contribution in [0.2, 0.25) is 0 Å². The Morgan fingerprint density at radius 2 is 0.630 bits per heavy atom. The number of nitrogens with zero attached hydrogens (tertiary/aromatic N) is 9. The molecule has 0 atom stereocenters. The van der Waals surface area contributed by atoms with Crippen molar-refractivity contribution in [3.8, 4) is 118 Å². The molecule has 0 amide bonds. The average molecular weight is 1630 g/mol. The highest BCUT2D eigenvalue weighted by Crippen LogP contribution is 2.43. The van der Waals surface area contributed by atoms with Crippen LogP contribution in [0, 0.1) is 0 Å². The zero-order chi connectivity index (χ0) is 89.2. The van der Waals surface area contributed by atoms with Gasteiger partial charge in [-0.25, -0.2) is 29.9 Å². The molecule has 18 aromatic carbocycles. The molecule has 0 saturated carbocycles. The maximum Gasteiger partial charge on any atom is 0.235 e. The lowest BCUT2D eigenvalue weighted by Crippen LogP contribution is -2.10. The molecule has 24 rings (SSSR count). The van der Waals surface area contributed by atoms with Crippen molar-refractivity contribution in [2.24, 2.45) is 0 Å². The summed E-state index contributed by atoms with van der Waals surface area (Å²) in [7, 11) is 0. The Bertz CT molecular complexity index is 8560. The molecule has 0 fully saturated rings. The molecule has 24 aromatic rings. The molecule has 600 valence electrons. The first-order valence-electron chi connectivity index (χ1n) is 45.3. The van der Waals surface area contributed by atoms with Gasteiger partial charge in [0.05, 0.1) is 45.6 Å². The van der Waals surface area contributed by atoms with Gasteiger partial charge in [0.15, 0.2) is 0 Å². The van der Waals surface area contributed by atoms with Crippen molar-refractivity contribution in [1.82, 2.24) is 43.6 Å². The Morgan fingerprint density at radius 1 is 0.236 bits per heavy atom. The molecule has 9 heteroatoms. The van der Waals surface area contributed by atoms with E-state index in [0.29, 0.717) is 23.4 Å². The third-order valence-electron chi connectivity index (χ3n) is 24.4. The first kappa shape index (κ1) is 71.0. The smallest absolute Gasteiger partial charge is 0.235 e. The highest BCUT2D eigenvalue weighted by atomic mass is 15.2. The zero-order valence-electron chi connectivity index (χ0n) is 74.9. The van der Waals surface area contributed by atoms with Crippen LogP contribution in [-0.4, -0.2) is 43.6 Å². The van der Waals surface area contributed by atoms with Gasteiger partial charge in [0.1, 0.15) is 0 Å². The Labute approximate surface area is 742 Å². The second-order valence-electron chi connectivity index (χ2n) is 33.0. The Balaban J connectivity index is 0.000000116. The van der Waals surface area contributed by atoms with Gasteiger partial charge in [-0.1, -0.05) is 391 Å². The van der Waals surface area contributed by atoms with Crippen molar-refractivity contribution in [2.45, 2.75) is 26.2 Å². The third kappa shape index (κ3) is 14.5. The van der Waals surface area contributed by atoms with E-state index in [1.165, 1.54) is 82.0 Å². The van der Waals surface area contributed by atoms with E-state index < -0.39 is 6.04 Å². The number of rotatable bonds is 12. The third-order valence-corrected chi connectivity index (χ3v) is 24.4. The number of hydrogen-bond acceptors (Lipinski definition) is 6. The van der Waals surface area contributed by atoms with Gasteiger partial charge in [-0.2, -0.15) is 0 Å². The number of fused-ring (bicyclic) bond motifs is 15. The number of hydrogen-bond donors (Lipinski definition) is 0. The van der Waals surface area contributed by atoms with Crippen LogP contribution in [0.15, 0.2) is 449 Å². The lowest BCUT2D eigenvalue weighted by molar-refractivity contribution is 0.591. The molecule has 0 bridgehead atoms. The molecule has 0 saturated heterocycles. The van der Waals surface area contributed by atoms with Crippen molar-refractivity contribution in [3.63, 3.8) is 0 Å². The predicted molar refractivity (Wildman–Crippen MR) is 529 cm³/mol. The van der Waals surface area contributed by atoms with Gasteiger partial charge < -0.3 is 0 Å². The van der Waals surface area contributed by atoms with Crippen LogP contribution >= 0.6 is 0 Å². The van der Waals surface area contributed by atoms with Crippen LogP contribution < -0.4 is 0 Å². The first-order chi connectivity index (χ1) is 64.7. The minimum absolute atomic E-state index is 0.0444. The van der Waals surface area contributed by atoms with Crippen LogP contribution in [0.3, 0.4) is 0 Å². The van der Waals surface area contributed by atoms with Crippen LogP contribution in [0.4, 0.5) is 0 Å². The Hall–Kier alpha value is -16.6. The summed E-state index contributed by atoms with van der Waals surface area (Å²) in [5.74, 6) is 1.94. The first-order valence-corrected chi connectivity index (χ1v) is 42.8. The quantitative estimate of drug-likeness (QED) is 0.121. The maximum absolute atomic E-state index is 8.36. The molecule has 9 nitrogen and oxygen atoms in total. The van der Waals surface area contributed by atoms with E-state index in [4.69, 9.17) is 36.8 Å². The molecule has 0 N–H and O–H groups in total. The summed E-state index contributed by atoms with van der Waals surface area (Å²) in [6.07, 6.45) is 9.47. The zero-order valence-corrected chi connectivity index (χ0v) is 69.9. The standard InChI is InChI=1S/C42H33N3.2C38H25N3/c1-42(2,3)34-21-23-39-37(27-34)36-22-20-31-12-7-8-15-35(31)40(36)45(39)41-43-25-24-38(44-41)33-14-9-13-32(26-33)30-18-16-29(17-19-30)28-10-5-4-6-11-28;1-2-10-26(11-3-1)27-18-20-29(21-19-27)31-13-6-7-14-32(31)30-24-39-38(40-25-30)41-35-17-9-8-16-34(35)37-33-15-5-4-12-28(33)22-23-36(37)41;1-2-9-26(10-3-1)30-12-8-13-31(23-30)27-17-19-28(20-18-27)32-24-39-38(40-25-32)41-36-16-7-6-15-34(36)35-22-21-29-11-4-5-14-33(29)37(35)41/h4-27H,1-3H3;2*1-25H/i;;1D,2D,3D,9D,10D. The van der Waals surface area contributed by atoms with E-state index in [1.54, 1.807) is 6.07 Å². The fourth-order valence-electron chi connectivity index (χ4n) is 18.0. The van der Waals surface area contributed by atoms with Crippen LogP contribution in [0.1, 0.15) is 33.2 Å². The summed E-state index contributed by atoms with van der Waals surface area (Å²) in [4.78, 5) is 29.6. The normalized spacial score (nSPS) is 12.1. The van der Waals surface area contributed by atoms with Crippen molar-refractivity contribution in [1.29, 1.82) is 0 Å². The van der Waals surface area contributed by atoms with Crippen LogP contribution in [0.25, 0.3) is 216 Å². The second-order valence-corrected chi connectivity index (χ2v) is 33.0. The number of benzene rings is 18.